The highest BCUT2D eigenvalue weighted by Gasteiger charge is 2.08. The average molecular weight is 374 g/mol. The Morgan fingerprint density at radius 3 is 2.78 bits per heavy atom. The highest BCUT2D eigenvalue weighted by atomic mass is 79.9. The first kappa shape index (κ1) is 13.3. The molecule has 18 heavy (non-hydrogen) atoms. The molecule has 0 saturated carbocycles. The fourth-order valence-corrected chi connectivity index (χ4v) is 2.33. The van der Waals surface area contributed by atoms with Gasteiger partial charge in [-0.15, -0.1) is 0 Å². The Morgan fingerprint density at radius 1 is 1.44 bits per heavy atom. The number of halogens is 2. The normalized spacial score (nSPS) is 10.4. The van der Waals surface area contributed by atoms with Crippen molar-refractivity contribution < 1.29 is 4.79 Å². The minimum absolute atomic E-state index is 0.316. The first-order valence-electron chi connectivity index (χ1n) is 5.07. The van der Waals surface area contributed by atoms with Crippen molar-refractivity contribution in [1.29, 1.82) is 0 Å². The zero-order chi connectivity index (χ0) is 13.1. The summed E-state index contributed by atoms with van der Waals surface area (Å²) in [5, 5.41) is 4.18. The molecule has 0 aliphatic carbocycles. The number of amides is 1. The molecule has 0 spiro atoms. The molecule has 0 fully saturated rings. The third-order valence-electron chi connectivity index (χ3n) is 2.38. The molecule has 3 N–H and O–H groups in total. The van der Waals surface area contributed by atoms with Crippen LogP contribution in [0.25, 0.3) is 0 Å². The largest absolute Gasteiger partial charge is 0.290 e. The summed E-state index contributed by atoms with van der Waals surface area (Å²) in [5.41, 5.74) is 3.63. The van der Waals surface area contributed by atoms with Crippen LogP contribution in [0.15, 0.2) is 39.5 Å². The fourth-order valence-electron chi connectivity index (χ4n) is 1.50. The highest BCUT2D eigenvalue weighted by molar-refractivity contribution is 9.10. The molecule has 0 aliphatic rings. The lowest BCUT2D eigenvalue weighted by Crippen LogP contribution is -2.29. The van der Waals surface area contributed by atoms with Crippen molar-refractivity contribution in [1.82, 2.24) is 15.2 Å². The molecule has 0 saturated heterocycles. The third kappa shape index (κ3) is 2.98. The van der Waals surface area contributed by atoms with Gasteiger partial charge in [0, 0.05) is 16.2 Å². The monoisotopic (exact) mass is 372 g/mol. The molecule has 94 valence electrons. The van der Waals surface area contributed by atoms with E-state index in [2.05, 4.69) is 42.4 Å². The molecule has 0 radical (unpaired) electrons. The van der Waals surface area contributed by atoms with Crippen molar-refractivity contribution in [2.45, 2.75) is 6.54 Å². The van der Waals surface area contributed by atoms with Gasteiger partial charge >= 0.3 is 0 Å². The molecular weight excluding hydrogens is 364 g/mol. The van der Waals surface area contributed by atoms with Gasteiger partial charge in [0.05, 0.1) is 17.2 Å². The number of carbonyl (C=O) groups excluding carboxylic acids is 1. The van der Waals surface area contributed by atoms with E-state index in [-0.39, 0.29) is 5.91 Å². The van der Waals surface area contributed by atoms with Crippen molar-refractivity contribution in [2.24, 2.45) is 5.84 Å². The smallest absolute Gasteiger partial charge is 0.265 e. The van der Waals surface area contributed by atoms with Crippen LogP contribution < -0.4 is 11.3 Å². The van der Waals surface area contributed by atoms with E-state index >= 15 is 0 Å². The topological polar surface area (TPSA) is 72.9 Å². The maximum atomic E-state index is 11.4. The van der Waals surface area contributed by atoms with Crippen molar-refractivity contribution in [2.75, 3.05) is 0 Å². The summed E-state index contributed by atoms with van der Waals surface area (Å²) in [6, 6.07) is 5.32. The number of aromatic nitrogens is 2. The summed E-state index contributed by atoms with van der Waals surface area (Å²) >= 11 is 6.78. The minimum Gasteiger partial charge on any atom is -0.290 e. The molecule has 2 rings (SSSR count). The van der Waals surface area contributed by atoms with Crippen LogP contribution in [-0.4, -0.2) is 15.7 Å². The zero-order valence-electron chi connectivity index (χ0n) is 9.23. The quantitative estimate of drug-likeness (QED) is 0.491. The maximum Gasteiger partial charge on any atom is 0.265 e. The Bertz CT molecular complexity index is 582. The predicted molar refractivity (Wildman–Crippen MR) is 74.8 cm³/mol. The Hall–Kier alpha value is -1.18. The van der Waals surface area contributed by atoms with Crippen molar-refractivity contribution in [3.8, 4) is 0 Å². The van der Waals surface area contributed by atoms with Gasteiger partial charge in [0.1, 0.15) is 0 Å². The number of hydrogen-bond acceptors (Lipinski definition) is 3. The Morgan fingerprint density at radius 2 is 2.22 bits per heavy atom. The lowest BCUT2D eigenvalue weighted by atomic mass is 10.1. The van der Waals surface area contributed by atoms with Crippen molar-refractivity contribution in [3.05, 3.63) is 50.7 Å². The maximum absolute atomic E-state index is 11.4. The molecule has 1 heterocycles. The number of benzene rings is 1. The zero-order valence-corrected chi connectivity index (χ0v) is 12.4. The molecule has 2 aromatic rings. The molecule has 0 bridgehead atoms. The molecule has 0 atom stereocenters. The molecule has 0 aliphatic heterocycles. The molecule has 1 amide bonds. The molecule has 5 nitrogen and oxygen atoms in total. The summed E-state index contributed by atoms with van der Waals surface area (Å²) < 4.78 is 3.57. The number of nitrogens with one attached hydrogen (secondary N) is 1. The van der Waals surface area contributed by atoms with Crippen LogP contribution in [0.2, 0.25) is 0 Å². The van der Waals surface area contributed by atoms with Gasteiger partial charge in [-0.2, -0.15) is 5.10 Å². The predicted octanol–water partition coefficient (Wildman–Crippen LogP) is 2.06. The Kier molecular flexibility index (Phi) is 4.15. The van der Waals surface area contributed by atoms with Crippen molar-refractivity contribution in [3.63, 3.8) is 0 Å². The van der Waals surface area contributed by atoms with Crippen LogP contribution in [0.4, 0.5) is 0 Å². The second-order valence-electron chi connectivity index (χ2n) is 3.64. The van der Waals surface area contributed by atoms with Crippen LogP contribution in [0.1, 0.15) is 15.9 Å². The van der Waals surface area contributed by atoms with E-state index in [9.17, 15) is 4.79 Å². The van der Waals surface area contributed by atoms with E-state index in [0.29, 0.717) is 12.1 Å². The fraction of sp³-hybridized carbons (Fsp3) is 0.0909. The number of rotatable bonds is 3. The van der Waals surface area contributed by atoms with Gasteiger partial charge in [0.25, 0.3) is 5.91 Å². The van der Waals surface area contributed by atoms with E-state index in [1.54, 1.807) is 23.0 Å². The number of nitrogens with two attached hydrogens (primary N) is 1. The summed E-state index contributed by atoms with van der Waals surface area (Å²) in [7, 11) is 0. The van der Waals surface area contributed by atoms with E-state index in [4.69, 9.17) is 5.84 Å². The van der Waals surface area contributed by atoms with E-state index in [1.165, 1.54) is 0 Å². The second-order valence-corrected chi connectivity index (χ2v) is 5.41. The van der Waals surface area contributed by atoms with E-state index in [1.807, 2.05) is 12.3 Å². The number of hydrazine groups is 1. The highest BCUT2D eigenvalue weighted by Crippen LogP contribution is 2.20. The Balaban J connectivity index is 2.22. The summed E-state index contributed by atoms with van der Waals surface area (Å²) in [5.74, 6) is 4.77. The van der Waals surface area contributed by atoms with Gasteiger partial charge in [0.15, 0.2) is 0 Å². The van der Waals surface area contributed by atoms with Crippen LogP contribution in [0.5, 0.6) is 0 Å². The third-order valence-corrected chi connectivity index (χ3v) is 3.53. The van der Waals surface area contributed by atoms with Crippen LogP contribution in [0, 0.1) is 0 Å². The van der Waals surface area contributed by atoms with E-state index in [0.717, 1.165) is 14.5 Å². The number of nitrogen functional groups attached to an aromatic ring is 1. The number of hydrogen-bond donors (Lipinski definition) is 2. The van der Waals surface area contributed by atoms with E-state index < -0.39 is 0 Å². The van der Waals surface area contributed by atoms with Crippen molar-refractivity contribution >= 4 is 37.8 Å². The van der Waals surface area contributed by atoms with Gasteiger partial charge in [-0.1, -0.05) is 22.0 Å². The van der Waals surface area contributed by atoms with Gasteiger partial charge < -0.3 is 0 Å². The summed E-state index contributed by atoms with van der Waals surface area (Å²) in [6.07, 6.45) is 3.61. The number of nitrogens with zero attached hydrogens (tertiary/aromatic N) is 2. The SMILES string of the molecule is NNC(=O)c1ccc(Cn2cc(Br)cn2)c(Br)c1. The minimum atomic E-state index is -0.316. The molecular formula is C11H10Br2N4O. The number of carbonyl (C=O) groups is 1. The standard InChI is InChI=1S/C11H10Br2N4O/c12-9-4-15-17(6-9)5-8-2-1-7(3-10(8)13)11(18)16-14/h1-4,6H,5,14H2,(H,16,18). The second kappa shape index (κ2) is 5.64. The molecule has 1 aromatic carbocycles. The molecule has 0 unspecified atom stereocenters. The summed E-state index contributed by atoms with van der Waals surface area (Å²) in [4.78, 5) is 11.4. The van der Waals surface area contributed by atoms with Crippen LogP contribution >= 0.6 is 31.9 Å². The summed E-state index contributed by atoms with van der Waals surface area (Å²) in [6.45, 7) is 0.622. The first-order chi connectivity index (χ1) is 8.60. The van der Waals surface area contributed by atoms with Gasteiger partial charge in [-0.25, -0.2) is 5.84 Å². The lowest BCUT2D eigenvalue weighted by molar-refractivity contribution is 0.0953. The molecule has 1 aromatic heterocycles. The van der Waals surface area contributed by atoms with Crippen LogP contribution in [-0.2, 0) is 6.54 Å². The van der Waals surface area contributed by atoms with Gasteiger partial charge in [-0.3, -0.25) is 14.9 Å². The van der Waals surface area contributed by atoms with Gasteiger partial charge in [0.2, 0.25) is 0 Å². The molecule has 7 heteroatoms. The lowest BCUT2D eigenvalue weighted by Gasteiger charge is -2.07. The average Bonchev–Trinajstić information content (AvgIpc) is 2.76. The first-order valence-corrected chi connectivity index (χ1v) is 6.66. The van der Waals surface area contributed by atoms with Crippen LogP contribution in [0.3, 0.4) is 0 Å². The Labute approximate surface area is 121 Å². The van der Waals surface area contributed by atoms with Gasteiger partial charge in [-0.05, 0) is 33.6 Å².